The second-order valence-electron chi connectivity index (χ2n) is 4.27. The molecule has 0 aromatic carbocycles. The summed E-state index contributed by atoms with van der Waals surface area (Å²) in [7, 11) is 1.92. The predicted octanol–water partition coefficient (Wildman–Crippen LogP) is 3.30. The van der Waals surface area contributed by atoms with Crippen LogP contribution in [-0.4, -0.2) is 16.4 Å². The Balaban J connectivity index is 2.26. The van der Waals surface area contributed by atoms with Gasteiger partial charge in [0.05, 0.1) is 5.52 Å². The zero-order valence-electron chi connectivity index (χ0n) is 9.20. The lowest BCUT2D eigenvalue weighted by molar-refractivity contribution is 0.401. The molecule has 3 nitrogen and oxygen atoms in total. The average Bonchev–Trinajstić information content (AvgIpc) is 2.54. The van der Waals surface area contributed by atoms with Crippen molar-refractivity contribution >= 4 is 22.9 Å². The lowest BCUT2D eigenvalue weighted by atomic mass is 9.85. The molecule has 0 bridgehead atoms. The molecule has 0 aliphatic heterocycles. The molecule has 3 rings (SSSR count). The van der Waals surface area contributed by atoms with Gasteiger partial charge in [0.1, 0.15) is 11.6 Å². The Morgan fingerprint density at radius 3 is 2.88 bits per heavy atom. The van der Waals surface area contributed by atoms with Crippen molar-refractivity contribution in [3.63, 3.8) is 0 Å². The normalized spacial score (nSPS) is 16.4. The Bertz CT molecular complexity index is 528. The van der Waals surface area contributed by atoms with Gasteiger partial charge in [0.15, 0.2) is 5.15 Å². The first-order chi connectivity index (χ1) is 7.81. The standard InChI is InChI=1S/C12H14ClN3/c1-14-10-7-3-6-9-11(13)15-12(16(9)10)8-4-2-5-8/h3,6-8,14H,2,4-5H2,1H3. The number of anilines is 1. The van der Waals surface area contributed by atoms with E-state index < -0.39 is 0 Å². The fraction of sp³-hybridized carbons (Fsp3) is 0.417. The van der Waals surface area contributed by atoms with E-state index in [0.29, 0.717) is 11.1 Å². The van der Waals surface area contributed by atoms with Crippen molar-refractivity contribution in [2.45, 2.75) is 25.2 Å². The molecule has 4 heteroatoms. The van der Waals surface area contributed by atoms with E-state index in [1.807, 2.05) is 25.2 Å². The van der Waals surface area contributed by atoms with Crippen LogP contribution in [0.5, 0.6) is 0 Å². The van der Waals surface area contributed by atoms with Crippen molar-refractivity contribution in [2.75, 3.05) is 12.4 Å². The molecular weight excluding hydrogens is 222 g/mol. The van der Waals surface area contributed by atoms with Gasteiger partial charge in [0.25, 0.3) is 0 Å². The summed E-state index contributed by atoms with van der Waals surface area (Å²) in [6.45, 7) is 0. The Morgan fingerprint density at radius 1 is 1.44 bits per heavy atom. The predicted molar refractivity (Wildman–Crippen MR) is 66.3 cm³/mol. The minimum Gasteiger partial charge on any atom is -0.374 e. The summed E-state index contributed by atoms with van der Waals surface area (Å²) in [4.78, 5) is 4.51. The maximum Gasteiger partial charge on any atom is 0.155 e. The minimum absolute atomic E-state index is 0.578. The molecule has 0 saturated heterocycles. The number of fused-ring (bicyclic) bond motifs is 1. The third kappa shape index (κ3) is 1.31. The van der Waals surface area contributed by atoms with Crippen LogP contribution in [0, 0.1) is 0 Å². The van der Waals surface area contributed by atoms with Gasteiger partial charge in [-0.15, -0.1) is 0 Å². The Labute approximate surface area is 99.4 Å². The van der Waals surface area contributed by atoms with Gasteiger partial charge in [-0.2, -0.15) is 0 Å². The van der Waals surface area contributed by atoms with Crippen molar-refractivity contribution in [3.05, 3.63) is 29.2 Å². The molecule has 1 fully saturated rings. The molecule has 1 saturated carbocycles. The molecular formula is C12H14ClN3. The van der Waals surface area contributed by atoms with E-state index in [0.717, 1.165) is 17.2 Å². The number of nitrogens with one attached hydrogen (secondary N) is 1. The lowest BCUT2D eigenvalue weighted by Gasteiger charge is -2.24. The highest BCUT2D eigenvalue weighted by atomic mass is 35.5. The van der Waals surface area contributed by atoms with Gasteiger partial charge in [0, 0.05) is 13.0 Å². The highest BCUT2D eigenvalue weighted by molar-refractivity contribution is 6.32. The SMILES string of the molecule is CNc1cccc2c(Cl)nc(C3CCC3)n12. The largest absolute Gasteiger partial charge is 0.374 e. The maximum atomic E-state index is 6.17. The van der Waals surface area contributed by atoms with E-state index >= 15 is 0 Å². The van der Waals surface area contributed by atoms with E-state index in [1.165, 1.54) is 19.3 Å². The van der Waals surface area contributed by atoms with Gasteiger partial charge in [-0.25, -0.2) is 4.98 Å². The van der Waals surface area contributed by atoms with Crippen LogP contribution >= 0.6 is 11.6 Å². The highest BCUT2D eigenvalue weighted by Gasteiger charge is 2.25. The van der Waals surface area contributed by atoms with Gasteiger partial charge in [-0.3, -0.25) is 4.40 Å². The molecule has 2 aromatic rings. The topological polar surface area (TPSA) is 29.3 Å². The number of aromatic nitrogens is 2. The van der Waals surface area contributed by atoms with Crippen LogP contribution in [0.4, 0.5) is 5.82 Å². The fourth-order valence-electron chi connectivity index (χ4n) is 2.26. The molecule has 0 radical (unpaired) electrons. The molecule has 1 aliphatic rings. The van der Waals surface area contributed by atoms with E-state index in [-0.39, 0.29) is 0 Å². The van der Waals surface area contributed by atoms with Crippen LogP contribution in [-0.2, 0) is 0 Å². The molecule has 0 amide bonds. The van der Waals surface area contributed by atoms with Crippen LogP contribution in [0.2, 0.25) is 5.15 Å². The molecule has 0 unspecified atom stereocenters. The summed E-state index contributed by atoms with van der Waals surface area (Å²) in [5, 5.41) is 3.80. The molecule has 1 aliphatic carbocycles. The van der Waals surface area contributed by atoms with Crippen molar-refractivity contribution < 1.29 is 0 Å². The highest BCUT2D eigenvalue weighted by Crippen LogP contribution is 2.38. The third-order valence-electron chi connectivity index (χ3n) is 3.37. The second-order valence-corrected chi connectivity index (χ2v) is 4.63. The Hall–Kier alpha value is -1.22. The molecule has 2 aromatic heterocycles. The van der Waals surface area contributed by atoms with Crippen LogP contribution < -0.4 is 5.32 Å². The van der Waals surface area contributed by atoms with Crippen LogP contribution in [0.1, 0.15) is 31.0 Å². The van der Waals surface area contributed by atoms with Crippen molar-refractivity contribution in [1.29, 1.82) is 0 Å². The molecule has 1 N–H and O–H groups in total. The van der Waals surface area contributed by atoms with E-state index in [1.54, 1.807) is 0 Å². The first-order valence-electron chi connectivity index (χ1n) is 5.66. The zero-order chi connectivity index (χ0) is 11.1. The zero-order valence-corrected chi connectivity index (χ0v) is 9.96. The average molecular weight is 236 g/mol. The molecule has 16 heavy (non-hydrogen) atoms. The number of nitrogens with zero attached hydrogens (tertiary/aromatic N) is 2. The van der Waals surface area contributed by atoms with E-state index in [4.69, 9.17) is 11.6 Å². The first kappa shape index (κ1) is 9.97. The van der Waals surface area contributed by atoms with Crippen molar-refractivity contribution in [1.82, 2.24) is 9.38 Å². The second kappa shape index (κ2) is 3.67. The van der Waals surface area contributed by atoms with Gasteiger partial charge >= 0.3 is 0 Å². The molecule has 84 valence electrons. The van der Waals surface area contributed by atoms with Gasteiger partial charge in [0.2, 0.25) is 0 Å². The summed E-state index contributed by atoms with van der Waals surface area (Å²) in [6.07, 6.45) is 3.76. The number of rotatable bonds is 2. The van der Waals surface area contributed by atoms with Gasteiger partial charge in [-0.05, 0) is 25.0 Å². The summed E-state index contributed by atoms with van der Waals surface area (Å²) < 4.78 is 2.14. The van der Waals surface area contributed by atoms with Crippen LogP contribution in [0.15, 0.2) is 18.2 Å². The summed E-state index contributed by atoms with van der Waals surface area (Å²) in [6, 6.07) is 6.06. The molecule has 0 spiro atoms. The number of pyridine rings is 1. The summed E-state index contributed by atoms with van der Waals surface area (Å²) in [5.74, 6) is 2.74. The number of hydrogen-bond acceptors (Lipinski definition) is 2. The smallest absolute Gasteiger partial charge is 0.155 e. The summed E-state index contributed by atoms with van der Waals surface area (Å²) in [5.41, 5.74) is 0.996. The fourth-order valence-corrected chi connectivity index (χ4v) is 2.49. The number of halogens is 1. The van der Waals surface area contributed by atoms with Crippen molar-refractivity contribution in [3.8, 4) is 0 Å². The first-order valence-corrected chi connectivity index (χ1v) is 6.03. The number of hydrogen-bond donors (Lipinski definition) is 1. The molecule has 2 heterocycles. The van der Waals surface area contributed by atoms with E-state index in [9.17, 15) is 0 Å². The quantitative estimate of drug-likeness (QED) is 0.866. The van der Waals surface area contributed by atoms with E-state index in [2.05, 4.69) is 14.7 Å². The monoisotopic (exact) mass is 235 g/mol. The van der Waals surface area contributed by atoms with Crippen LogP contribution in [0.3, 0.4) is 0 Å². The Kier molecular flexibility index (Phi) is 2.28. The third-order valence-corrected chi connectivity index (χ3v) is 3.65. The minimum atomic E-state index is 0.578. The lowest BCUT2D eigenvalue weighted by Crippen LogP contribution is -2.13. The maximum absolute atomic E-state index is 6.17. The van der Waals surface area contributed by atoms with Gasteiger partial charge in [-0.1, -0.05) is 24.1 Å². The van der Waals surface area contributed by atoms with Crippen molar-refractivity contribution in [2.24, 2.45) is 0 Å². The van der Waals surface area contributed by atoms with Crippen LogP contribution in [0.25, 0.3) is 5.52 Å². The summed E-state index contributed by atoms with van der Waals surface area (Å²) >= 11 is 6.17. The number of imidazole rings is 1. The molecule has 0 atom stereocenters. The Morgan fingerprint density at radius 2 is 2.25 bits per heavy atom. The van der Waals surface area contributed by atoms with Gasteiger partial charge < -0.3 is 5.32 Å².